The number of hydrogen-bond acceptors (Lipinski definition) is 3. The molecule has 0 aromatic heterocycles. The van der Waals surface area contributed by atoms with Gasteiger partial charge < -0.3 is 20.3 Å². The maximum Gasteiger partial charge on any atom is 0.191 e. The second kappa shape index (κ2) is 12.4. The molecule has 1 fully saturated rings. The van der Waals surface area contributed by atoms with Crippen LogP contribution in [0.5, 0.6) is 5.75 Å². The Morgan fingerprint density at radius 3 is 2.48 bits per heavy atom. The van der Waals surface area contributed by atoms with Gasteiger partial charge in [0.2, 0.25) is 0 Å². The van der Waals surface area contributed by atoms with Crippen LogP contribution in [-0.2, 0) is 6.54 Å². The second-order valence-electron chi connectivity index (χ2n) is 6.58. The van der Waals surface area contributed by atoms with Crippen LogP contribution in [0.25, 0.3) is 0 Å². The predicted molar refractivity (Wildman–Crippen MR) is 116 cm³/mol. The van der Waals surface area contributed by atoms with Gasteiger partial charge in [-0.1, -0.05) is 19.1 Å². The Balaban J connectivity index is 0.00000312. The fourth-order valence-corrected chi connectivity index (χ4v) is 2.94. The zero-order chi connectivity index (χ0) is 17.2. The number of benzene rings is 1. The molecule has 1 aromatic carbocycles. The molecule has 6 heteroatoms. The number of likely N-dealkylation sites (tertiary alicyclic amines) is 1. The van der Waals surface area contributed by atoms with Crippen LogP contribution < -0.4 is 15.4 Å². The van der Waals surface area contributed by atoms with E-state index < -0.39 is 0 Å². The Morgan fingerprint density at radius 1 is 1.20 bits per heavy atom. The third kappa shape index (κ3) is 8.27. The van der Waals surface area contributed by atoms with Crippen LogP contribution in [0.3, 0.4) is 0 Å². The van der Waals surface area contributed by atoms with E-state index in [1.54, 1.807) is 7.11 Å². The molecule has 0 saturated carbocycles. The van der Waals surface area contributed by atoms with E-state index >= 15 is 0 Å². The van der Waals surface area contributed by atoms with Crippen molar-refractivity contribution in [2.24, 2.45) is 10.9 Å². The van der Waals surface area contributed by atoms with Gasteiger partial charge in [0.25, 0.3) is 0 Å². The zero-order valence-electron chi connectivity index (χ0n) is 15.8. The molecule has 0 atom stereocenters. The highest BCUT2D eigenvalue weighted by atomic mass is 127. The highest BCUT2D eigenvalue weighted by molar-refractivity contribution is 14.0. The molecule has 25 heavy (non-hydrogen) atoms. The molecule has 1 heterocycles. The van der Waals surface area contributed by atoms with Crippen LogP contribution in [0.15, 0.2) is 29.3 Å². The molecule has 1 aromatic rings. The van der Waals surface area contributed by atoms with Crippen LogP contribution in [0.1, 0.15) is 31.7 Å². The quantitative estimate of drug-likeness (QED) is 0.284. The molecule has 1 saturated heterocycles. The Labute approximate surface area is 169 Å². The van der Waals surface area contributed by atoms with E-state index in [9.17, 15) is 0 Å². The van der Waals surface area contributed by atoms with Gasteiger partial charge in [-0.25, -0.2) is 0 Å². The maximum absolute atomic E-state index is 5.18. The highest BCUT2D eigenvalue weighted by Gasteiger charge is 2.14. The van der Waals surface area contributed by atoms with Crippen molar-refractivity contribution in [3.8, 4) is 5.75 Å². The zero-order valence-corrected chi connectivity index (χ0v) is 18.1. The topological polar surface area (TPSA) is 48.9 Å². The van der Waals surface area contributed by atoms with Crippen LogP contribution >= 0.6 is 24.0 Å². The molecule has 0 bridgehead atoms. The minimum Gasteiger partial charge on any atom is -0.497 e. The van der Waals surface area contributed by atoms with Gasteiger partial charge >= 0.3 is 0 Å². The minimum atomic E-state index is 0. The van der Waals surface area contributed by atoms with Gasteiger partial charge in [-0.15, -0.1) is 24.0 Å². The molecule has 0 radical (unpaired) electrons. The van der Waals surface area contributed by atoms with E-state index in [2.05, 4.69) is 39.6 Å². The number of ether oxygens (including phenoxy) is 1. The number of guanidine groups is 1. The van der Waals surface area contributed by atoms with Crippen LogP contribution in [-0.4, -0.2) is 51.2 Å². The summed E-state index contributed by atoms with van der Waals surface area (Å²) in [6.45, 7) is 7.76. The summed E-state index contributed by atoms with van der Waals surface area (Å²) in [7, 11) is 3.50. The van der Waals surface area contributed by atoms with Gasteiger partial charge in [-0.2, -0.15) is 0 Å². The summed E-state index contributed by atoms with van der Waals surface area (Å²) >= 11 is 0. The van der Waals surface area contributed by atoms with Crippen molar-refractivity contribution >= 4 is 29.9 Å². The van der Waals surface area contributed by atoms with Crippen molar-refractivity contribution in [2.75, 3.05) is 40.3 Å². The van der Waals surface area contributed by atoms with Gasteiger partial charge in [-0.3, -0.25) is 4.99 Å². The fraction of sp³-hybridized carbons (Fsp3) is 0.632. The molecule has 0 amide bonds. The summed E-state index contributed by atoms with van der Waals surface area (Å²) < 4.78 is 5.18. The lowest BCUT2D eigenvalue weighted by molar-refractivity contribution is 0.191. The van der Waals surface area contributed by atoms with E-state index in [1.165, 1.54) is 38.0 Å². The number of halogens is 1. The van der Waals surface area contributed by atoms with Crippen LogP contribution in [0.4, 0.5) is 0 Å². The van der Waals surface area contributed by atoms with Crippen molar-refractivity contribution in [2.45, 2.75) is 32.7 Å². The van der Waals surface area contributed by atoms with Crippen LogP contribution in [0.2, 0.25) is 0 Å². The summed E-state index contributed by atoms with van der Waals surface area (Å²) in [5.74, 6) is 2.65. The van der Waals surface area contributed by atoms with Gasteiger partial charge in [0.15, 0.2) is 5.96 Å². The molecular weight excluding hydrogens is 427 g/mol. The number of nitrogens with zero attached hydrogens (tertiary/aromatic N) is 2. The fourth-order valence-electron chi connectivity index (χ4n) is 2.94. The summed E-state index contributed by atoms with van der Waals surface area (Å²) in [6, 6.07) is 8.09. The first-order valence-electron chi connectivity index (χ1n) is 9.01. The van der Waals surface area contributed by atoms with Crippen molar-refractivity contribution in [1.82, 2.24) is 15.5 Å². The van der Waals surface area contributed by atoms with Gasteiger partial charge in [-0.05, 0) is 62.5 Å². The Morgan fingerprint density at radius 2 is 1.88 bits per heavy atom. The van der Waals surface area contributed by atoms with Crippen molar-refractivity contribution < 1.29 is 4.74 Å². The number of piperidine rings is 1. The average molecular weight is 460 g/mol. The lowest BCUT2D eigenvalue weighted by atomic mass is 9.99. The Bertz CT molecular complexity index is 499. The molecule has 0 spiro atoms. The van der Waals surface area contributed by atoms with E-state index in [1.807, 2.05) is 19.2 Å². The average Bonchev–Trinajstić information content (AvgIpc) is 2.63. The molecular formula is C19H33IN4O. The largest absolute Gasteiger partial charge is 0.497 e. The van der Waals surface area contributed by atoms with Crippen LogP contribution in [0, 0.1) is 5.92 Å². The maximum atomic E-state index is 5.18. The molecule has 2 rings (SSSR count). The number of aliphatic imine (C=N–C) groups is 1. The van der Waals surface area contributed by atoms with Gasteiger partial charge in [0, 0.05) is 20.1 Å². The van der Waals surface area contributed by atoms with Crippen molar-refractivity contribution in [3.05, 3.63) is 29.8 Å². The monoisotopic (exact) mass is 460 g/mol. The second-order valence-corrected chi connectivity index (χ2v) is 6.58. The first-order chi connectivity index (χ1) is 11.7. The van der Waals surface area contributed by atoms with Crippen molar-refractivity contribution in [1.29, 1.82) is 0 Å². The minimum absolute atomic E-state index is 0. The Hall–Kier alpha value is -1.02. The number of hydrogen-bond donors (Lipinski definition) is 2. The van der Waals surface area contributed by atoms with Gasteiger partial charge in [0.1, 0.15) is 5.75 Å². The van der Waals surface area contributed by atoms with Crippen molar-refractivity contribution in [3.63, 3.8) is 0 Å². The lowest BCUT2D eigenvalue weighted by Gasteiger charge is -2.30. The third-order valence-electron chi connectivity index (χ3n) is 4.66. The van der Waals surface area contributed by atoms with E-state index in [-0.39, 0.29) is 24.0 Å². The summed E-state index contributed by atoms with van der Waals surface area (Å²) in [4.78, 5) is 6.87. The Kier molecular flexibility index (Phi) is 10.9. The SMILES string of the molecule is CN=C(NCCCN1CCC(C)CC1)NCc1ccc(OC)cc1.I. The van der Waals surface area contributed by atoms with E-state index in [0.29, 0.717) is 0 Å². The molecule has 0 unspecified atom stereocenters. The van der Waals surface area contributed by atoms with E-state index in [0.717, 1.165) is 37.1 Å². The summed E-state index contributed by atoms with van der Waals surface area (Å²) in [5.41, 5.74) is 1.21. The number of nitrogens with one attached hydrogen (secondary N) is 2. The predicted octanol–water partition coefficient (Wildman–Crippen LogP) is 3.10. The number of methoxy groups -OCH3 is 1. The smallest absolute Gasteiger partial charge is 0.191 e. The third-order valence-corrected chi connectivity index (χ3v) is 4.66. The molecule has 1 aliphatic rings. The normalized spacial score (nSPS) is 16.2. The molecule has 1 aliphatic heterocycles. The lowest BCUT2D eigenvalue weighted by Crippen LogP contribution is -2.39. The summed E-state index contributed by atoms with van der Waals surface area (Å²) in [5, 5.41) is 6.75. The standard InChI is InChI=1S/C19H32N4O.HI/c1-16-9-13-23(14-10-16)12-4-11-21-19(20-2)22-15-17-5-7-18(24-3)8-6-17;/h5-8,16H,4,9-15H2,1-3H3,(H2,20,21,22);1H. The number of rotatable bonds is 7. The molecule has 142 valence electrons. The highest BCUT2D eigenvalue weighted by Crippen LogP contribution is 2.15. The molecule has 5 nitrogen and oxygen atoms in total. The molecule has 2 N–H and O–H groups in total. The molecule has 0 aliphatic carbocycles. The van der Waals surface area contributed by atoms with Gasteiger partial charge in [0.05, 0.1) is 7.11 Å². The van der Waals surface area contributed by atoms with E-state index in [4.69, 9.17) is 4.74 Å². The summed E-state index contributed by atoms with van der Waals surface area (Å²) in [6.07, 6.45) is 3.84. The first-order valence-corrected chi connectivity index (χ1v) is 9.01. The first kappa shape index (κ1) is 22.0.